The maximum absolute atomic E-state index is 11.1. The Morgan fingerprint density at radius 2 is 1.79 bits per heavy atom. The molecule has 0 aliphatic heterocycles. The fraction of sp³-hybridized carbons (Fsp3) is 0.0833. The summed E-state index contributed by atoms with van der Waals surface area (Å²) in [7, 11) is 0. The van der Waals surface area contributed by atoms with Gasteiger partial charge < -0.3 is 4.57 Å². The summed E-state index contributed by atoms with van der Waals surface area (Å²) in [6, 6.07) is 13.2. The van der Waals surface area contributed by atoms with Crippen molar-refractivity contribution in [3.05, 3.63) is 64.6 Å². The van der Waals surface area contributed by atoms with E-state index in [0.29, 0.717) is 0 Å². The summed E-state index contributed by atoms with van der Waals surface area (Å²) in [6.07, 6.45) is 1.80. The van der Waals surface area contributed by atoms with E-state index in [0.717, 1.165) is 11.4 Å². The van der Waals surface area contributed by atoms with Gasteiger partial charge in [0.05, 0.1) is 0 Å². The molecule has 2 aromatic rings. The molecule has 2 rings (SSSR count). The standard InChI is InChI=1S/C12H11NO/c1-10-9-12(14)7-8-13(10)11-5-3-2-4-6-11/h2-9H,1H3. The molecule has 0 bridgehead atoms. The topological polar surface area (TPSA) is 22.0 Å². The first-order chi connectivity index (χ1) is 6.77. The van der Waals surface area contributed by atoms with Crippen molar-refractivity contribution < 1.29 is 0 Å². The number of nitrogens with zero attached hydrogens (tertiary/aromatic N) is 1. The number of rotatable bonds is 1. The van der Waals surface area contributed by atoms with Crippen LogP contribution in [0.25, 0.3) is 5.69 Å². The van der Waals surface area contributed by atoms with E-state index in [-0.39, 0.29) is 5.43 Å². The van der Waals surface area contributed by atoms with Crippen LogP contribution in [0, 0.1) is 6.92 Å². The first-order valence-corrected chi connectivity index (χ1v) is 4.52. The van der Waals surface area contributed by atoms with Crippen molar-refractivity contribution in [2.24, 2.45) is 0 Å². The number of hydrogen-bond acceptors (Lipinski definition) is 1. The van der Waals surface area contributed by atoms with Gasteiger partial charge in [0, 0.05) is 29.7 Å². The molecular weight excluding hydrogens is 174 g/mol. The summed E-state index contributed by atoms with van der Waals surface area (Å²) >= 11 is 0. The van der Waals surface area contributed by atoms with Gasteiger partial charge in [-0.15, -0.1) is 0 Å². The van der Waals surface area contributed by atoms with E-state index in [4.69, 9.17) is 0 Å². The monoisotopic (exact) mass is 185 g/mol. The van der Waals surface area contributed by atoms with Crippen molar-refractivity contribution in [2.75, 3.05) is 0 Å². The van der Waals surface area contributed by atoms with E-state index in [2.05, 4.69) is 0 Å². The molecule has 70 valence electrons. The van der Waals surface area contributed by atoms with Crippen LogP contribution in [0.15, 0.2) is 53.5 Å². The lowest BCUT2D eigenvalue weighted by Crippen LogP contribution is -2.06. The van der Waals surface area contributed by atoms with Crippen molar-refractivity contribution >= 4 is 0 Å². The molecule has 0 aliphatic rings. The minimum atomic E-state index is 0.0506. The van der Waals surface area contributed by atoms with Crippen LogP contribution in [0.1, 0.15) is 5.69 Å². The average Bonchev–Trinajstić information content (AvgIpc) is 2.19. The highest BCUT2D eigenvalue weighted by atomic mass is 16.1. The summed E-state index contributed by atoms with van der Waals surface area (Å²) in [5.41, 5.74) is 2.07. The van der Waals surface area contributed by atoms with Gasteiger partial charge in [0.25, 0.3) is 0 Å². The van der Waals surface area contributed by atoms with E-state index >= 15 is 0 Å². The normalized spacial score (nSPS) is 10.1. The molecule has 0 atom stereocenters. The molecule has 0 N–H and O–H groups in total. The lowest BCUT2D eigenvalue weighted by atomic mass is 10.3. The molecule has 2 nitrogen and oxygen atoms in total. The molecule has 0 saturated heterocycles. The highest BCUT2D eigenvalue weighted by molar-refractivity contribution is 5.33. The van der Waals surface area contributed by atoms with Gasteiger partial charge in [-0.3, -0.25) is 4.79 Å². The third-order valence-electron chi connectivity index (χ3n) is 2.15. The van der Waals surface area contributed by atoms with Crippen LogP contribution < -0.4 is 5.43 Å². The molecule has 0 fully saturated rings. The average molecular weight is 185 g/mol. The van der Waals surface area contributed by atoms with Crippen molar-refractivity contribution in [1.29, 1.82) is 0 Å². The molecule has 2 heteroatoms. The molecule has 1 aromatic heterocycles. The van der Waals surface area contributed by atoms with Crippen molar-refractivity contribution in [3.63, 3.8) is 0 Å². The second-order valence-corrected chi connectivity index (χ2v) is 3.21. The fourth-order valence-corrected chi connectivity index (χ4v) is 1.47. The Labute approximate surface area is 82.4 Å². The number of pyridine rings is 1. The van der Waals surface area contributed by atoms with Gasteiger partial charge in [0.2, 0.25) is 0 Å². The predicted octanol–water partition coefficient (Wildman–Crippen LogP) is 2.15. The maximum Gasteiger partial charge on any atom is 0.181 e. The Bertz CT molecular complexity index is 485. The fourth-order valence-electron chi connectivity index (χ4n) is 1.47. The van der Waals surface area contributed by atoms with Crippen LogP contribution >= 0.6 is 0 Å². The van der Waals surface area contributed by atoms with Crippen LogP contribution in [0.2, 0.25) is 0 Å². The molecule has 0 amide bonds. The third-order valence-corrected chi connectivity index (χ3v) is 2.15. The number of aromatic nitrogens is 1. The zero-order valence-electron chi connectivity index (χ0n) is 7.97. The van der Waals surface area contributed by atoms with Gasteiger partial charge in [0.15, 0.2) is 5.43 Å². The van der Waals surface area contributed by atoms with Gasteiger partial charge in [-0.2, -0.15) is 0 Å². The maximum atomic E-state index is 11.1. The highest BCUT2D eigenvalue weighted by Gasteiger charge is 1.96. The molecule has 0 spiro atoms. The Balaban J connectivity index is 2.58. The largest absolute Gasteiger partial charge is 0.321 e. The van der Waals surface area contributed by atoms with Crippen LogP contribution in [0.3, 0.4) is 0 Å². The van der Waals surface area contributed by atoms with E-state index in [1.165, 1.54) is 0 Å². The Morgan fingerprint density at radius 1 is 1.07 bits per heavy atom. The zero-order valence-corrected chi connectivity index (χ0v) is 7.97. The highest BCUT2D eigenvalue weighted by Crippen LogP contribution is 2.07. The van der Waals surface area contributed by atoms with E-state index in [1.807, 2.05) is 41.8 Å². The summed E-state index contributed by atoms with van der Waals surface area (Å²) in [6.45, 7) is 1.92. The molecule has 1 aromatic carbocycles. The Kier molecular flexibility index (Phi) is 2.19. The van der Waals surface area contributed by atoms with Crippen LogP contribution in [-0.2, 0) is 0 Å². The quantitative estimate of drug-likeness (QED) is 0.667. The third kappa shape index (κ3) is 1.59. The number of hydrogen-bond donors (Lipinski definition) is 0. The second kappa shape index (κ2) is 3.50. The Hall–Kier alpha value is -1.83. The van der Waals surface area contributed by atoms with Crippen LogP contribution in [0.5, 0.6) is 0 Å². The van der Waals surface area contributed by atoms with Crippen molar-refractivity contribution in [2.45, 2.75) is 6.92 Å². The smallest absolute Gasteiger partial charge is 0.181 e. The molecule has 1 heterocycles. The summed E-state index contributed by atoms with van der Waals surface area (Å²) in [5, 5.41) is 0. The number of aryl methyl sites for hydroxylation is 1. The van der Waals surface area contributed by atoms with Gasteiger partial charge in [-0.1, -0.05) is 18.2 Å². The van der Waals surface area contributed by atoms with Gasteiger partial charge in [0.1, 0.15) is 0 Å². The van der Waals surface area contributed by atoms with Crippen LogP contribution in [0.4, 0.5) is 0 Å². The number of benzene rings is 1. The minimum absolute atomic E-state index is 0.0506. The molecule has 0 radical (unpaired) electrons. The molecule has 14 heavy (non-hydrogen) atoms. The van der Waals surface area contributed by atoms with E-state index in [1.54, 1.807) is 18.3 Å². The summed E-state index contributed by atoms with van der Waals surface area (Å²) in [5.74, 6) is 0. The predicted molar refractivity (Wildman–Crippen MR) is 56.8 cm³/mol. The van der Waals surface area contributed by atoms with Crippen molar-refractivity contribution in [3.8, 4) is 5.69 Å². The lowest BCUT2D eigenvalue weighted by Gasteiger charge is -2.09. The van der Waals surface area contributed by atoms with Crippen molar-refractivity contribution in [1.82, 2.24) is 4.57 Å². The summed E-state index contributed by atoms with van der Waals surface area (Å²) in [4.78, 5) is 11.1. The summed E-state index contributed by atoms with van der Waals surface area (Å²) < 4.78 is 1.99. The van der Waals surface area contributed by atoms with Gasteiger partial charge >= 0.3 is 0 Å². The second-order valence-electron chi connectivity index (χ2n) is 3.21. The van der Waals surface area contributed by atoms with Gasteiger partial charge in [-0.25, -0.2) is 0 Å². The van der Waals surface area contributed by atoms with Crippen LogP contribution in [-0.4, -0.2) is 4.57 Å². The van der Waals surface area contributed by atoms with E-state index < -0.39 is 0 Å². The lowest BCUT2D eigenvalue weighted by molar-refractivity contribution is 0.974. The molecule has 0 aliphatic carbocycles. The zero-order chi connectivity index (χ0) is 9.97. The molecule has 0 saturated carbocycles. The van der Waals surface area contributed by atoms with E-state index in [9.17, 15) is 4.79 Å². The Morgan fingerprint density at radius 3 is 2.43 bits per heavy atom. The number of para-hydroxylation sites is 1. The molecular formula is C12H11NO. The van der Waals surface area contributed by atoms with Gasteiger partial charge in [-0.05, 0) is 19.1 Å². The first-order valence-electron chi connectivity index (χ1n) is 4.52. The SMILES string of the molecule is Cc1cc(=O)ccn1-c1ccccc1. The minimum Gasteiger partial charge on any atom is -0.321 e. The first kappa shape index (κ1) is 8.75. The molecule has 0 unspecified atom stereocenters.